The van der Waals surface area contributed by atoms with Gasteiger partial charge in [-0.05, 0) is 60.2 Å². The monoisotopic (exact) mass is 415 g/mol. The highest BCUT2D eigenvalue weighted by molar-refractivity contribution is 5.84. The van der Waals surface area contributed by atoms with Gasteiger partial charge in [-0.25, -0.2) is 13.2 Å². The lowest BCUT2D eigenvalue weighted by Crippen LogP contribution is -1.92. The van der Waals surface area contributed by atoms with Gasteiger partial charge in [0.15, 0.2) is 17.5 Å². The molecule has 0 atom stereocenters. The second-order valence-electron chi connectivity index (χ2n) is 7.40. The third kappa shape index (κ3) is 4.62. The van der Waals surface area contributed by atoms with Crippen LogP contribution in [0.3, 0.4) is 0 Å². The number of hydrogen-bond acceptors (Lipinski definition) is 1. The second-order valence-corrected chi connectivity index (χ2v) is 7.40. The molecule has 0 aliphatic rings. The fourth-order valence-electron chi connectivity index (χ4n) is 3.38. The molecule has 1 nitrogen and oxygen atoms in total. The largest absolute Gasteiger partial charge is 0.256 e. The highest BCUT2D eigenvalue weighted by Crippen LogP contribution is 2.24. The Labute approximate surface area is 179 Å². The molecule has 0 fully saturated rings. The van der Waals surface area contributed by atoms with Gasteiger partial charge in [0.2, 0.25) is 0 Å². The number of fused-ring (bicyclic) bond motifs is 1. The van der Waals surface area contributed by atoms with Crippen molar-refractivity contribution in [2.24, 2.45) is 0 Å². The zero-order valence-electron chi connectivity index (χ0n) is 17.1. The minimum atomic E-state index is -1.46. The van der Waals surface area contributed by atoms with Gasteiger partial charge >= 0.3 is 0 Å². The molecule has 0 amide bonds. The fraction of sp³-hybridized carbons (Fsp3) is 0.148. The lowest BCUT2D eigenvalue weighted by Gasteiger charge is -2.04. The van der Waals surface area contributed by atoms with Crippen LogP contribution in [0.4, 0.5) is 13.2 Å². The third-order valence-corrected chi connectivity index (χ3v) is 5.15. The second kappa shape index (κ2) is 9.06. The molecule has 4 rings (SSSR count). The first-order valence-electron chi connectivity index (χ1n) is 10.2. The summed E-state index contributed by atoms with van der Waals surface area (Å²) in [5, 5.41) is 0.300. The van der Waals surface area contributed by atoms with E-state index in [4.69, 9.17) is 0 Å². The summed E-state index contributed by atoms with van der Waals surface area (Å²) >= 11 is 0. The summed E-state index contributed by atoms with van der Waals surface area (Å²) in [5.41, 5.74) is 4.55. The van der Waals surface area contributed by atoms with Gasteiger partial charge in [-0.1, -0.05) is 49.5 Å². The maximum Gasteiger partial charge on any atom is 0.195 e. The summed E-state index contributed by atoms with van der Waals surface area (Å²) < 4.78 is 40.7. The number of aryl methyl sites for hydroxylation is 1. The number of aromatic nitrogens is 1. The highest BCUT2D eigenvalue weighted by atomic mass is 19.2. The average molecular weight is 415 g/mol. The Kier molecular flexibility index (Phi) is 6.04. The van der Waals surface area contributed by atoms with E-state index in [1.54, 1.807) is 12.1 Å². The molecule has 0 aliphatic heterocycles. The Bertz CT molecular complexity index is 1280. The van der Waals surface area contributed by atoms with Crippen molar-refractivity contribution in [3.63, 3.8) is 0 Å². The number of nitrogens with zero attached hydrogens (tertiary/aromatic N) is 1. The molecular formula is C27H20F3N. The fourth-order valence-corrected chi connectivity index (χ4v) is 3.38. The summed E-state index contributed by atoms with van der Waals surface area (Å²) in [6.07, 6.45) is 5.29. The molecule has 0 radical (unpaired) electrons. The number of unbranched alkanes of at least 4 members (excludes halogenated alkanes) is 1. The topological polar surface area (TPSA) is 12.9 Å². The molecule has 1 aromatic heterocycles. The highest BCUT2D eigenvalue weighted by Gasteiger charge is 2.13. The summed E-state index contributed by atoms with van der Waals surface area (Å²) in [7, 11) is 0. The van der Waals surface area contributed by atoms with Crippen molar-refractivity contribution in [2.75, 3.05) is 0 Å². The molecule has 4 heteroatoms. The molecule has 0 spiro atoms. The number of halogens is 3. The molecule has 0 N–H and O–H groups in total. The number of pyridine rings is 1. The van der Waals surface area contributed by atoms with Gasteiger partial charge in [0.05, 0.1) is 5.69 Å². The van der Waals surface area contributed by atoms with Gasteiger partial charge in [0, 0.05) is 28.3 Å². The van der Waals surface area contributed by atoms with E-state index in [2.05, 4.69) is 29.8 Å². The van der Waals surface area contributed by atoms with E-state index in [-0.39, 0.29) is 10.8 Å². The van der Waals surface area contributed by atoms with Crippen molar-refractivity contribution in [2.45, 2.75) is 26.2 Å². The van der Waals surface area contributed by atoms with Crippen molar-refractivity contribution in [3.8, 4) is 23.1 Å². The first kappa shape index (κ1) is 20.7. The predicted molar refractivity (Wildman–Crippen MR) is 118 cm³/mol. The van der Waals surface area contributed by atoms with E-state index in [0.717, 1.165) is 42.1 Å². The molecule has 4 aromatic rings. The normalized spacial score (nSPS) is 10.7. The van der Waals surface area contributed by atoms with Crippen LogP contribution < -0.4 is 0 Å². The van der Waals surface area contributed by atoms with Crippen molar-refractivity contribution in [1.82, 2.24) is 4.98 Å². The van der Waals surface area contributed by atoms with Crippen LogP contribution >= 0.6 is 0 Å². The Hall–Kier alpha value is -3.58. The SMILES string of the molecule is CCCCc1ccc(-c2ccc(C#Cc3ccc4c(F)c(F)c(F)cc4c3)cc2)nc1. The van der Waals surface area contributed by atoms with Crippen LogP contribution in [0.5, 0.6) is 0 Å². The molecular weight excluding hydrogens is 395 g/mol. The maximum atomic E-state index is 13.8. The zero-order chi connectivity index (χ0) is 21.8. The molecule has 3 aromatic carbocycles. The predicted octanol–water partition coefficient (Wildman–Crippen LogP) is 7.06. The summed E-state index contributed by atoms with van der Waals surface area (Å²) in [4.78, 5) is 4.55. The first-order chi connectivity index (χ1) is 15.0. The maximum absolute atomic E-state index is 13.8. The number of rotatable bonds is 4. The number of benzene rings is 3. The summed E-state index contributed by atoms with van der Waals surface area (Å²) in [6, 6.07) is 17.4. The van der Waals surface area contributed by atoms with Crippen molar-refractivity contribution in [1.29, 1.82) is 0 Å². The van der Waals surface area contributed by atoms with Crippen LogP contribution in [0.1, 0.15) is 36.5 Å². The van der Waals surface area contributed by atoms with E-state index in [9.17, 15) is 13.2 Å². The average Bonchev–Trinajstić information content (AvgIpc) is 2.80. The first-order valence-corrected chi connectivity index (χ1v) is 10.2. The van der Waals surface area contributed by atoms with Crippen LogP contribution in [0, 0.1) is 29.3 Å². The molecule has 31 heavy (non-hydrogen) atoms. The number of hydrogen-bond donors (Lipinski definition) is 0. The minimum Gasteiger partial charge on any atom is -0.256 e. The van der Waals surface area contributed by atoms with Crippen LogP contribution in [0.15, 0.2) is 66.9 Å². The van der Waals surface area contributed by atoms with Gasteiger partial charge in [0.25, 0.3) is 0 Å². The minimum absolute atomic E-state index is 0.0296. The van der Waals surface area contributed by atoms with Crippen molar-refractivity contribution in [3.05, 3.63) is 101 Å². The lowest BCUT2D eigenvalue weighted by atomic mass is 10.0. The quantitative estimate of drug-likeness (QED) is 0.257. The van der Waals surface area contributed by atoms with Gasteiger partial charge in [0.1, 0.15) is 0 Å². The van der Waals surface area contributed by atoms with E-state index in [0.29, 0.717) is 5.56 Å². The molecule has 0 aliphatic carbocycles. The van der Waals surface area contributed by atoms with Gasteiger partial charge in [-0.2, -0.15) is 0 Å². The van der Waals surface area contributed by atoms with E-state index in [1.807, 2.05) is 36.5 Å². The Balaban J connectivity index is 1.53. The molecule has 0 saturated heterocycles. The molecule has 0 unspecified atom stereocenters. The van der Waals surface area contributed by atoms with E-state index < -0.39 is 17.5 Å². The molecule has 0 bridgehead atoms. The van der Waals surface area contributed by atoms with Crippen LogP contribution in [0.25, 0.3) is 22.0 Å². The van der Waals surface area contributed by atoms with Crippen molar-refractivity contribution < 1.29 is 13.2 Å². The van der Waals surface area contributed by atoms with Gasteiger partial charge in [-0.3, -0.25) is 4.98 Å². The smallest absolute Gasteiger partial charge is 0.195 e. The summed E-state index contributed by atoms with van der Waals surface area (Å²) in [5.74, 6) is 2.18. The molecule has 154 valence electrons. The van der Waals surface area contributed by atoms with E-state index >= 15 is 0 Å². The third-order valence-electron chi connectivity index (χ3n) is 5.15. The zero-order valence-corrected chi connectivity index (χ0v) is 17.1. The van der Waals surface area contributed by atoms with Crippen molar-refractivity contribution >= 4 is 10.8 Å². The molecule has 1 heterocycles. The Morgan fingerprint density at radius 1 is 0.806 bits per heavy atom. The Morgan fingerprint density at radius 3 is 2.26 bits per heavy atom. The van der Waals surface area contributed by atoms with Gasteiger partial charge in [-0.15, -0.1) is 0 Å². The van der Waals surface area contributed by atoms with Gasteiger partial charge < -0.3 is 0 Å². The van der Waals surface area contributed by atoms with E-state index in [1.165, 1.54) is 11.6 Å². The molecule has 0 saturated carbocycles. The standard InChI is InChI=1S/C27H20F3N/c1-2-3-4-20-10-14-25(31-17-20)21-11-7-18(8-12-21)5-6-19-9-13-23-22(15-19)16-24(28)27(30)26(23)29/h7-17H,2-4H2,1H3. The van der Waals surface area contributed by atoms with Crippen LogP contribution in [0.2, 0.25) is 0 Å². The van der Waals surface area contributed by atoms with Crippen LogP contribution in [-0.4, -0.2) is 4.98 Å². The Morgan fingerprint density at radius 2 is 1.55 bits per heavy atom. The van der Waals surface area contributed by atoms with Crippen LogP contribution in [-0.2, 0) is 6.42 Å². The lowest BCUT2D eigenvalue weighted by molar-refractivity contribution is 0.453. The summed E-state index contributed by atoms with van der Waals surface area (Å²) in [6.45, 7) is 2.17.